The molecule has 1 atom stereocenters. The van der Waals surface area contributed by atoms with E-state index in [2.05, 4.69) is 22.0 Å². The number of halogens is 1. The summed E-state index contributed by atoms with van der Waals surface area (Å²) in [4.78, 5) is 12.2. The van der Waals surface area contributed by atoms with Crippen LogP contribution in [0.4, 0.5) is 0 Å². The Hall–Kier alpha value is -0.870. The average Bonchev–Trinajstić information content (AvgIpc) is 3.06. The molecule has 0 aliphatic carbocycles. The molecule has 20 heavy (non-hydrogen) atoms. The zero-order valence-electron chi connectivity index (χ0n) is 11.5. The smallest absolute Gasteiger partial charge is 0.137 e. The third-order valence-electron chi connectivity index (χ3n) is 3.98. The number of fused-ring (bicyclic) bond motifs is 1. The van der Waals surface area contributed by atoms with Gasteiger partial charge in [-0.2, -0.15) is 0 Å². The van der Waals surface area contributed by atoms with Crippen LogP contribution in [0.1, 0.15) is 36.8 Å². The molecule has 2 aliphatic rings. The summed E-state index contributed by atoms with van der Waals surface area (Å²) in [5.74, 6) is 1.20. The van der Waals surface area contributed by atoms with Gasteiger partial charge in [-0.3, -0.25) is 4.79 Å². The third-order valence-corrected chi connectivity index (χ3v) is 4.44. The molecule has 0 aromatic heterocycles. The molecule has 2 aliphatic heterocycles. The first-order valence-electron chi connectivity index (χ1n) is 7.30. The molecule has 0 amide bonds. The molecule has 1 fully saturated rings. The molecule has 108 valence electrons. The molecule has 3 nitrogen and oxygen atoms in total. The zero-order valence-corrected chi connectivity index (χ0v) is 13.1. The molecule has 4 heteroatoms. The van der Waals surface area contributed by atoms with E-state index in [4.69, 9.17) is 9.47 Å². The van der Waals surface area contributed by atoms with E-state index in [1.54, 1.807) is 0 Å². The number of carbonyl (C=O) groups excluding carboxylic acids is 1. The van der Waals surface area contributed by atoms with Crippen LogP contribution in [0.5, 0.6) is 5.75 Å². The van der Waals surface area contributed by atoms with Crippen molar-refractivity contribution in [2.45, 2.75) is 44.6 Å². The highest BCUT2D eigenvalue weighted by Gasteiger charge is 2.21. The number of ketones is 1. The van der Waals surface area contributed by atoms with Crippen LogP contribution in [0.2, 0.25) is 0 Å². The molecule has 0 spiro atoms. The summed E-state index contributed by atoms with van der Waals surface area (Å²) in [7, 11) is 0. The monoisotopic (exact) mass is 338 g/mol. The summed E-state index contributed by atoms with van der Waals surface area (Å²) < 4.78 is 12.3. The first kappa shape index (κ1) is 14.1. The quantitative estimate of drug-likeness (QED) is 0.824. The van der Waals surface area contributed by atoms with Crippen molar-refractivity contribution in [2.75, 3.05) is 13.2 Å². The molecule has 3 rings (SSSR count). The number of Topliss-reactive ketones (excluding diaryl/α,β-unsaturated/α-hetero) is 1. The lowest BCUT2D eigenvalue weighted by atomic mass is 10.0. The first-order valence-corrected chi connectivity index (χ1v) is 8.09. The maximum absolute atomic E-state index is 12.2. The third kappa shape index (κ3) is 3.23. The van der Waals surface area contributed by atoms with Crippen LogP contribution in [0.3, 0.4) is 0 Å². The number of benzene rings is 1. The second-order valence-electron chi connectivity index (χ2n) is 5.54. The van der Waals surface area contributed by atoms with Crippen molar-refractivity contribution in [3.63, 3.8) is 0 Å². The number of hydrogen-bond acceptors (Lipinski definition) is 3. The molecule has 1 aromatic rings. The Morgan fingerprint density at radius 2 is 2.25 bits per heavy atom. The largest absolute Gasteiger partial charge is 0.493 e. The Bertz CT molecular complexity index is 507. The molecule has 1 saturated heterocycles. The van der Waals surface area contributed by atoms with Gasteiger partial charge in [-0.25, -0.2) is 0 Å². The lowest BCUT2D eigenvalue weighted by Gasteiger charge is -2.10. The van der Waals surface area contributed by atoms with Crippen LogP contribution in [-0.2, 0) is 22.4 Å². The second-order valence-corrected chi connectivity index (χ2v) is 6.46. The van der Waals surface area contributed by atoms with Gasteiger partial charge in [0.2, 0.25) is 0 Å². The molecule has 0 N–H and O–H groups in total. The van der Waals surface area contributed by atoms with Gasteiger partial charge in [0.1, 0.15) is 11.5 Å². The van der Waals surface area contributed by atoms with Gasteiger partial charge >= 0.3 is 0 Å². The van der Waals surface area contributed by atoms with Crippen molar-refractivity contribution in [3.05, 3.63) is 27.7 Å². The molecule has 0 bridgehead atoms. The number of ether oxygens (including phenoxy) is 2. The van der Waals surface area contributed by atoms with Crippen LogP contribution >= 0.6 is 15.9 Å². The van der Waals surface area contributed by atoms with Crippen LogP contribution in [0, 0.1) is 0 Å². The highest BCUT2D eigenvalue weighted by atomic mass is 79.9. The predicted octanol–water partition coefficient (Wildman–Crippen LogP) is 3.45. The van der Waals surface area contributed by atoms with Gasteiger partial charge in [0.25, 0.3) is 0 Å². The fraction of sp³-hybridized carbons (Fsp3) is 0.562. The minimum Gasteiger partial charge on any atom is -0.493 e. The van der Waals surface area contributed by atoms with E-state index < -0.39 is 0 Å². The maximum atomic E-state index is 12.2. The molecule has 0 saturated carbocycles. The Morgan fingerprint density at radius 1 is 1.35 bits per heavy atom. The Kier molecular flexibility index (Phi) is 4.41. The van der Waals surface area contributed by atoms with Crippen molar-refractivity contribution >= 4 is 21.7 Å². The van der Waals surface area contributed by atoms with Crippen molar-refractivity contribution in [1.29, 1.82) is 0 Å². The van der Waals surface area contributed by atoms with E-state index in [1.807, 2.05) is 6.07 Å². The summed E-state index contributed by atoms with van der Waals surface area (Å²) >= 11 is 3.51. The van der Waals surface area contributed by atoms with E-state index in [0.29, 0.717) is 18.9 Å². The lowest BCUT2D eigenvalue weighted by molar-refractivity contribution is -0.119. The van der Waals surface area contributed by atoms with Crippen LogP contribution in [0.25, 0.3) is 0 Å². The van der Waals surface area contributed by atoms with Gasteiger partial charge in [-0.1, -0.05) is 15.9 Å². The molecular weight excluding hydrogens is 320 g/mol. The fourth-order valence-electron chi connectivity index (χ4n) is 2.97. The van der Waals surface area contributed by atoms with E-state index in [1.165, 1.54) is 5.56 Å². The molecule has 2 heterocycles. The number of hydrogen-bond donors (Lipinski definition) is 0. The van der Waals surface area contributed by atoms with Gasteiger partial charge in [-0.15, -0.1) is 0 Å². The molecular formula is C16H19BrO3. The van der Waals surface area contributed by atoms with E-state index in [-0.39, 0.29) is 5.78 Å². The normalized spacial score (nSPS) is 20.8. The average molecular weight is 339 g/mol. The summed E-state index contributed by atoms with van der Waals surface area (Å²) in [6.45, 7) is 1.58. The van der Waals surface area contributed by atoms with Crippen molar-refractivity contribution in [2.24, 2.45) is 0 Å². The maximum Gasteiger partial charge on any atom is 0.137 e. The standard InChI is InChI=1S/C16H19BrO3/c17-13-8-11-5-7-20-16(11)12(9-13)10-14(18)3-4-15-2-1-6-19-15/h8-9,15H,1-7,10H2. The van der Waals surface area contributed by atoms with E-state index in [0.717, 1.165) is 54.7 Å². The first-order chi connectivity index (χ1) is 9.72. The number of carbonyl (C=O) groups is 1. The Balaban J connectivity index is 1.61. The summed E-state index contributed by atoms with van der Waals surface area (Å²) in [6, 6.07) is 4.09. The van der Waals surface area contributed by atoms with Gasteiger partial charge in [0, 0.05) is 35.9 Å². The van der Waals surface area contributed by atoms with Gasteiger partial charge in [-0.05, 0) is 37.0 Å². The van der Waals surface area contributed by atoms with E-state index >= 15 is 0 Å². The Morgan fingerprint density at radius 3 is 3.05 bits per heavy atom. The van der Waals surface area contributed by atoms with Gasteiger partial charge < -0.3 is 9.47 Å². The summed E-state index contributed by atoms with van der Waals surface area (Å²) in [5.41, 5.74) is 2.23. The van der Waals surface area contributed by atoms with Crippen LogP contribution < -0.4 is 4.74 Å². The Labute approximate surface area is 127 Å². The SMILES string of the molecule is O=C(CCC1CCCO1)Cc1cc(Br)cc2c1OCC2. The molecule has 1 unspecified atom stereocenters. The fourth-order valence-corrected chi connectivity index (χ4v) is 3.52. The van der Waals surface area contributed by atoms with Crippen molar-refractivity contribution in [1.82, 2.24) is 0 Å². The van der Waals surface area contributed by atoms with E-state index in [9.17, 15) is 4.79 Å². The van der Waals surface area contributed by atoms with Crippen LogP contribution in [0.15, 0.2) is 16.6 Å². The second kappa shape index (κ2) is 6.27. The predicted molar refractivity (Wildman–Crippen MR) is 80.3 cm³/mol. The molecule has 0 radical (unpaired) electrons. The molecule has 1 aromatic carbocycles. The lowest BCUT2D eigenvalue weighted by Crippen LogP contribution is -2.10. The van der Waals surface area contributed by atoms with Crippen LogP contribution in [-0.4, -0.2) is 25.1 Å². The van der Waals surface area contributed by atoms with Crippen molar-refractivity contribution < 1.29 is 14.3 Å². The minimum absolute atomic E-state index is 0.274. The summed E-state index contributed by atoms with van der Waals surface area (Å²) in [6.07, 6.45) is 5.39. The van der Waals surface area contributed by atoms with Crippen molar-refractivity contribution in [3.8, 4) is 5.75 Å². The number of rotatable bonds is 5. The highest BCUT2D eigenvalue weighted by Crippen LogP contribution is 2.33. The summed E-state index contributed by atoms with van der Waals surface area (Å²) in [5, 5.41) is 0. The topological polar surface area (TPSA) is 35.5 Å². The van der Waals surface area contributed by atoms with Gasteiger partial charge in [0.05, 0.1) is 12.7 Å². The minimum atomic E-state index is 0.274. The van der Waals surface area contributed by atoms with Gasteiger partial charge in [0.15, 0.2) is 0 Å². The highest BCUT2D eigenvalue weighted by molar-refractivity contribution is 9.10. The zero-order chi connectivity index (χ0) is 13.9.